The summed E-state index contributed by atoms with van der Waals surface area (Å²) >= 11 is 0. The number of hydrogen-bond acceptors (Lipinski definition) is 3. The van der Waals surface area contributed by atoms with Crippen molar-refractivity contribution >= 4 is 17.7 Å². The van der Waals surface area contributed by atoms with Crippen molar-refractivity contribution in [3.05, 3.63) is 24.3 Å². The molecule has 0 saturated carbocycles. The number of nitrogens with zero attached hydrogens (tertiary/aromatic N) is 1. The van der Waals surface area contributed by atoms with Crippen molar-refractivity contribution in [2.24, 2.45) is 0 Å². The van der Waals surface area contributed by atoms with Crippen LogP contribution in [-0.2, 0) is 4.79 Å². The zero-order valence-electron chi connectivity index (χ0n) is 11.2. The number of amides is 2. The fourth-order valence-corrected chi connectivity index (χ4v) is 1.51. The Bertz CT molecular complexity index is 444. The number of anilines is 1. The summed E-state index contributed by atoms with van der Waals surface area (Å²) in [4.78, 5) is 24.1. The van der Waals surface area contributed by atoms with Crippen LogP contribution in [0.15, 0.2) is 24.3 Å². The van der Waals surface area contributed by atoms with E-state index >= 15 is 0 Å². The lowest BCUT2D eigenvalue weighted by molar-refractivity contribution is -0.139. The summed E-state index contributed by atoms with van der Waals surface area (Å²) < 4.78 is 5.03. The molecule has 0 aliphatic carbocycles. The molecule has 1 atom stereocenters. The Hall–Kier alpha value is -2.24. The minimum Gasteiger partial charge on any atom is -0.497 e. The fourth-order valence-electron chi connectivity index (χ4n) is 1.51. The van der Waals surface area contributed by atoms with Crippen LogP contribution in [0, 0.1) is 0 Å². The molecule has 6 nitrogen and oxygen atoms in total. The van der Waals surface area contributed by atoms with Gasteiger partial charge in [-0.15, -0.1) is 0 Å². The van der Waals surface area contributed by atoms with Crippen LogP contribution < -0.4 is 15.0 Å². The number of benzene rings is 1. The minimum absolute atomic E-state index is 0.331. The summed E-state index contributed by atoms with van der Waals surface area (Å²) in [5.41, 5.74) is 0.651. The first-order chi connectivity index (χ1) is 8.99. The molecule has 0 spiro atoms. The smallest absolute Gasteiger partial charge is 0.326 e. The van der Waals surface area contributed by atoms with Gasteiger partial charge in [0.25, 0.3) is 0 Å². The van der Waals surface area contributed by atoms with Crippen molar-refractivity contribution in [2.45, 2.75) is 19.4 Å². The topological polar surface area (TPSA) is 78.9 Å². The van der Waals surface area contributed by atoms with Crippen LogP contribution in [0.2, 0.25) is 0 Å². The quantitative estimate of drug-likeness (QED) is 0.850. The number of hydrogen-bond donors (Lipinski definition) is 2. The van der Waals surface area contributed by atoms with Crippen LogP contribution in [0.5, 0.6) is 5.75 Å². The van der Waals surface area contributed by atoms with Gasteiger partial charge in [0.2, 0.25) is 0 Å². The minimum atomic E-state index is -1.04. The Morgan fingerprint density at radius 2 is 1.95 bits per heavy atom. The van der Waals surface area contributed by atoms with E-state index in [4.69, 9.17) is 9.84 Å². The van der Waals surface area contributed by atoms with Crippen LogP contribution in [0.25, 0.3) is 0 Å². The molecule has 19 heavy (non-hydrogen) atoms. The fraction of sp³-hybridized carbons (Fsp3) is 0.385. The Balaban J connectivity index is 2.72. The number of carbonyl (C=O) groups is 2. The van der Waals surface area contributed by atoms with Gasteiger partial charge >= 0.3 is 12.0 Å². The average Bonchev–Trinajstić information content (AvgIpc) is 2.43. The molecular formula is C13H18N2O4. The first-order valence-corrected chi connectivity index (χ1v) is 5.90. The molecule has 0 aromatic heterocycles. The van der Waals surface area contributed by atoms with Crippen molar-refractivity contribution < 1.29 is 19.4 Å². The highest BCUT2D eigenvalue weighted by atomic mass is 16.5. The lowest BCUT2D eigenvalue weighted by Gasteiger charge is -2.21. The Labute approximate surface area is 112 Å². The molecule has 0 aliphatic rings. The van der Waals surface area contributed by atoms with Gasteiger partial charge in [0.05, 0.1) is 7.11 Å². The number of nitrogens with one attached hydrogen (secondary N) is 1. The van der Waals surface area contributed by atoms with Gasteiger partial charge in [-0.05, 0) is 30.7 Å². The first kappa shape index (κ1) is 14.8. The molecular weight excluding hydrogens is 248 g/mol. The second-order valence-electron chi connectivity index (χ2n) is 4.01. The van der Waals surface area contributed by atoms with Gasteiger partial charge in [0, 0.05) is 12.7 Å². The molecule has 1 aromatic carbocycles. The van der Waals surface area contributed by atoms with Gasteiger partial charge < -0.3 is 15.2 Å². The van der Waals surface area contributed by atoms with Gasteiger partial charge in [-0.25, -0.2) is 9.59 Å². The molecule has 2 amide bonds. The van der Waals surface area contributed by atoms with Crippen LogP contribution in [0.1, 0.15) is 13.3 Å². The van der Waals surface area contributed by atoms with Crippen molar-refractivity contribution in [2.75, 3.05) is 19.1 Å². The highest BCUT2D eigenvalue weighted by Crippen LogP contribution is 2.18. The number of carboxylic acids is 1. The van der Waals surface area contributed by atoms with E-state index in [1.807, 2.05) is 0 Å². The maximum absolute atomic E-state index is 11.9. The maximum atomic E-state index is 11.9. The van der Waals surface area contributed by atoms with Gasteiger partial charge in [-0.2, -0.15) is 0 Å². The maximum Gasteiger partial charge on any atom is 0.326 e. The van der Waals surface area contributed by atoms with E-state index < -0.39 is 18.0 Å². The van der Waals surface area contributed by atoms with E-state index in [2.05, 4.69) is 5.32 Å². The summed E-state index contributed by atoms with van der Waals surface area (Å²) in [6.45, 7) is 1.70. The highest BCUT2D eigenvalue weighted by molar-refractivity contribution is 5.94. The Kier molecular flexibility index (Phi) is 5.17. The van der Waals surface area contributed by atoms with Crippen LogP contribution in [0.3, 0.4) is 0 Å². The monoisotopic (exact) mass is 266 g/mol. The predicted molar refractivity (Wildman–Crippen MR) is 71.6 cm³/mol. The number of carbonyl (C=O) groups excluding carboxylic acids is 1. The van der Waals surface area contributed by atoms with Crippen molar-refractivity contribution in [1.82, 2.24) is 5.32 Å². The van der Waals surface area contributed by atoms with Gasteiger partial charge in [-0.3, -0.25) is 4.90 Å². The van der Waals surface area contributed by atoms with E-state index in [9.17, 15) is 9.59 Å². The SMILES string of the molecule is CC[C@@H](NC(=O)N(C)c1ccc(OC)cc1)C(=O)O. The summed E-state index contributed by atoms with van der Waals surface area (Å²) in [6, 6.07) is 5.56. The summed E-state index contributed by atoms with van der Waals surface area (Å²) in [5, 5.41) is 11.3. The third-order valence-electron chi connectivity index (χ3n) is 2.77. The normalized spacial score (nSPS) is 11.5. The molecule has 0 fully saturated rings. The molecule has 104 valence electrons. The molecule has 0 saturated heterocycles. The summed E-state index contributed by atoms with van der Waals surface area (Å²) in [6.07, 6.45) is 0.331. The van der Waals surface area contributed by atoms with Crippen molar-refractivity contribution in [1.29, 1.82) is 0 Å². The van der Waals surface area contributed by atoms with Crippen LogP contribution >= 0.6 is 0 Å². The third-order valence-corrected chi connectivity index (χ3v) is 2.77. The first-order valence-electron chi connectivity index (χ1n) is 5.90. The van der Waals surface area contributed by atoms with E-state index in [-0.39, 0.29) is 0 Å². The number of ether oxygens (including phenoxy) is 1. The molecule has 0 unspecified atom stereocenters. The summed E-state index contributed by atoms with van der Waals surface area (Å²) in [7, 11) is 3.13. The van der Waals surface area contributed by atoms with E-state index in [1.165, 1.54) is 4.90 Å². The van der Waals surface area contributed by atoms with Gasteiger partial charge in [-0.1, -0.05) is 6.92 Å². The van der Waals surface area contributed by atoms with Gasteiger partial charge in [0.1, 0.15) is 11.8 Å². The zero-order valence-corrected chi connectivity index (χ0v) is 11.2. The Morgan fingerprint density at radius 1 is 1.37 bits per heavy atom. The number of carboxylic acid groups (broad SMARTS) is 1. The lowest BCUT2D eigenvalue weighted by atomic mass is 10.2. The Morgan fingerprint density at radius 3 is 2.37 bits per heavy atom. The molecule has 0 radical (unpaired) electrons. The zero-order chi connectivity index (χ0) is 14.4. The molecule has 0 bridgehead atoms. The lowest BCUT2D eigenvalue weighted by Crippen LogP contribution is -2.46. The van der Waals surface area contributed by atoms with Crippen LogP contribution in [-0.4, -0.2) is 37.3 Å². The van der Waals surface area contributed by atoms with Crippen molar-refractivity contribution in [3.63, 3.8) is 0 Å². The van der Waals surface area contributed by atoms with Gasteiger partial charge in [0.15, 0.2) is 0 Å². The van der Waals surface area contributed by atoms with Crippen molar-refractivity contribution in [3.8, 4) is 5.75 Å². The highest BCUT2D eigenvalue weighted by Gasteiger charge is 2.20. The number of rotatable bonds is 5. The second kappa shape index (κ2) is 6.63. The molecule has 6 heteroatoms. The van der Waals surface area contributed by atoms with E-state index in [0.717, 1.165) is 0 Å². The molecule has 2 N–H and O–H groups in total. The largest absolute Gasteiger partial charge is 0.497 e. The third kappa shape index (κ3) is 3.87. The molecule has 1 aromatic rings. The second-order valence-corrected chi connectivity index (χ2v) is 4.01. The van der Waals surface area contributed by atoms with Crippen LogP contribution in [0.4, 0.5) is 10.5 Å². The number of aliphatic carboxylic acids is 1. The van der Waals surface area contributed by atoms with E-state index in [1.54, 1.807) is 45.3 Å². The summed E-state index contributed by atoms with van der Waals surface area (Å²) in [5.74, 6) is -0.353. The molecule has 0 aliphatic heterocycles. The molecule has 1 rings (SSSR count). The van der Waals surface area contributed by atoms with E-state index in [0.29, 0.717) is 17.9 Å². The standard InChI is InChI=1S/C13H18N2O4/c1-4-11(12(16)17)14-13(18)15(2)9-5-7-10(19-3)8-6-9/h5-8,11H,4H2,1-3H3,(H,14,18)(H,16,17)/t11-/m1/s1. The number of methoxy groups -OCH3 is 1. The average molecular weight is 266 g/mol. The number of urea groups is 1. The predicted octanol–water partition coefficient (Wildman–Crippen LogP) is 1.70. The molecule has 0 heterocycles.